The molecule has 0 aliphatic rings. The highest BCUT2D eigenvalue weighted by molar-refractivity contribution is 7.19. The van der Waals surface area contributed by atoms with E-state index in [2.05, 4.69) is 10.1 Å². The van der Waals surface area contributed by atoms with E-state index in [0.29, 0.717) is 15.8 Å². The van der Waals surface area contributed by atoms with Gasteiger partial charge in [0.25, 0.3) is 5.56 Å². The summed E-state index contributed by atoms with van der Waals surface area (Å²) in [6, 6.07) is 14.0. The Bertz CT molecular complexity index is 1230. The van der Waals surface area contributed by atoms with Crippen LogP contribution in [0.3, 0.4) is 0 Å². The van der Waals surface area contributed by atoms with Crippen LogP contribution in [-0.2, 0) is 0 Å². The first-order valence-electron chi connectivity index (χ1n) is 8.17. The molecule has 2 aromatic carbocycles. The van der Waals surface area contributed by atoms with Gasteiger partial charge < -0.3 is 10.2 Å². The molecule has 0 amide bonds. The maximum Gasteiger partial charge on any atom is 0.283 e. The van der Waals surface area contributed by atoms with Crippen molar-refractivity contribution in [2.24, 2.45) is 5.10 Å². The molecular weight excluding hydrogens is 362 g/mol. The maximum absolute atomic E-state index is 13.0. The van der Waals surface area contributed by atoms with E-state index in [-0.39, 0.29) is 17.1 Å². The van der Waals surface area contributed by atoms with Gasteiger partial charge in [0.05, 0.1) is 11.6 Å². The number of thiophene rings is 1. The Kier molecular flexibility index (Phi) is 4.21. The zero-order valence-corrected chi connectivity index (χ0v) is 15.1. The second-order valence-electron chi connectivity index (χ2n) is 5.97. The summed E-state index contributed by atoms with van der Waals surface area (Å²) in [5.74, 6) is -0.464. The highest BCUT2D eigenvalue weighted by atomic mass is 32.1. The number of benzene rings is 2. The van der Waals surface area contributed by atoms with Gasteiger partial charge >= 0.3 is 0 Å². The average molecular weight is 377 g/mol. The molecule has 2 heterocycles. The number of phenols is 2. The zero-order valence-electron chi connectivity index (χ0n) is 14.3. The van der Waals surface area contributed by atoms with Gasteiger partial charge in [-0.1, -0.05) is 30.3 Å². The number of aromatic nitrogens is 2. The van der Waals surface area contributed by atoms with E-state index in [1.54, 1.807) is 6.07 Å². The fraction of sp³-hybridized carbons (Fsp3) is 0.0500. The molecule has 0 atom stereocenters. The summed E-state index contributed by atoms with van der Waals surface area (Å²) in [5.41, 5.74) is 2.12. The van der Waals surface area contributed by atoms with Crippen LogP contribution in [0, 0.1) is 6.92 Å². The van der Waals surface area contributed by atoms with Crippen LogP contribution in [0.25, 0.3) is 21.3 Å². The molecule has 134 valence electrons. The number of hydrogen-bond donors (Lipinski definition) is 2. The molecule has 27 heavy (non-hydrogen) atoms. The highest BCUT2D eigenvalue weighted by Gasteiger charge is 2.16. The van der Waals surface area contributed by atoms with Crippen LogP contribution in [0.15, 0.2) is 64.8 Å². The smallest absolute Gasteiger partial charge is 0.283 e. The Balaban J connectivity index is 1.83. The van der Waals surface area contributed by atoms with Crippen molar-refractivity contribution in [1.82, 2.24) is 9.66 Å². The van der Waals surface area contributed by atoms with Gasteiger partial charge in [-0.05, 0) is 36.2 Å². The maximum atomic E-state index is 13.0. The van der Waals surface area contributed by atoms with Crippen molar-refractivity contribution in [2.75, 3.05) is 0 Å². The van der Waals surface area contributed by atoms with Gasteiger partial charge in [0.15, 0.2) is 11.5 Å². The molecule has 4 rings (SSSR count). The largest absolute Gasteiger partial charge is 0.504 e. The van der Waals surface area contributed by atoms with E-state index >= 15 is 0 Å². The molecule has 2 N–H and O–H groups in total. The molecule has 0 unspecified atom stereocenters. The Morgan fingerprint density at radius 3 is 2.63 bits per heavy atom. The fourth-order valence-corrected chi connectivity index (χ4v) is 3.88. The van der Waals surface area contributed by atoms with Crippen LogP contribution < -0.4 is 5.56 Å². The third-order valence-corrected chi connectivity index (χ3v) is 5.18. The predicted octanol–water partition coefficient (Wildman–Crippen LogP) is 3.73. The second-order valence-corrected chi connectivity index (χ2v) is 7.17. The van der Waals surface area contributed by atoms with Crippen molar-refractivity contribution < 1.29 is 10.2 Å². The molecule has 0 aliphatic carbocycles. The number of aryl methyl sites for hydroxylation is 1. The summed E-state index contributed by atoms with van der Waals surface area (Å²) >= 11 is 1.48. The third kappa shape index (κ3) is 3.09. The summed E-state index contributed by atoms with van der Waals surface area (Å²) in [6.45, 7) is 1.97. The van der Waals surface area contributed by atoms with Gasteiger partial charge in [0.2, 0.25) is 0 Å². The average Bonchev–Trinajstić information content (AvgIpc) is 3.01. The van der Waals surface area contributed by atoms with Crippen LogP contribution in [0.5, 0.6) is 11.5 Å². The first-order chi connectivity index (χ1) is 13.0. The van der Waals surface area contributed by atoms with E-state index in [4.69, 9.17) is 0 Å². The van der Waals surface area contributed by atoms with E-state index in [1.807, 2.05) is 37.3 Å². The molecule has 4 aromatic rings. The van der Waals surface area contributed by atoms with E-state index in [9.17, 15) is 15.0 Å². The minimum Gasteiger partial charge on any atom is -0.504 e. The lowest BCUT2D eigenvalue weighted by atomic mass is 10.0. The molecule has 0 aliphatic heterocycles. The molecule has 0 radical (unpaired) electrons. The summed E-state index contributed by atoms with van der Waals surface area (Å²) in [4.78, 5) is 19.1. The summed E-state index contributed by atoms with van der Waals surface area (Å²) in [5, 5.41) is 23.6. The standard InChI is InChI=1S/C20H15N3O3S/c1-12-17(14-5-3-2-4-6-14)18-19(27-12)21-11-23(20(18)26)22-10-13-7-8-15(24)16(25)9-13/h2-11,24-25H,1H3/b22-10+. The summed E-state index contributed by atoms with van der Waals surface area (Å²) < 4.78 is 1.17. The molecule has 0 saturated carbocycles. The number of aromatic hydroxyl groups is 2. The van der Waals surface area contributed by atoms with Crippen molar-refractivity contribution in [2.45, 2.75) is 6.92 Å². The number of fused-ring (bicyclic) bond motifs is 1. The van der Waals surface area contributed by atoms with Gasteiger partial charge in [-0.2, -0.15) is 9.78 Å². The van der Waals surface area contributed by atoms with Crippen molar-refractivity contribution >= 4 is 27.8 Å². The minimum atomic E-state index is -0.262. The number of nitrogens with zero attached hydrogens (tertiary/aromatic N) is 3. The van der Waals surface area contributed by atoms with Gasteiger partial charge in [-0.3, -0.25) is 4.79 Å². The first kappa shape index (κ1) is 17.0. The molecule has 7 heteroatoms. The first-order valence-corrected chi connectivity index (χ1v) is 8.99. The Morgan fingerprint density at radius 1 is 1.11 bits per heavy atom. The van der Waals surface area contributed by atoms with Gasteiger partial charge in [0.1, 0.15) is 11.2 Å². The van der Waals surface area contributed by atoms with Gasteiger partial charge in [-0.25, -0.2) is 4.98 Å². The predicted molar refractivity (Wildman–Crippen MR) is 107 cm³/mol. The Hall–Kier alpha value is -3.45. The number of rotatable bonds is 3. The van der Waals surface area contributed by atoms with Crippen molar-refractivity contribution in [3.05, 3.63) is 75.7 Å². The lowest BCUT2D eigenvalue weighted by Crippen LogP contribution is -2.16. The Labute approximate surface area is 158 Å². The quantitative estimate of drug-likeness (QED) is 0.421. The van der Waals surface area contributed by atoms with E-state index < -0.39 is 0 Å². The molecule has 0 bridgehead atoms. The fourth-order valence-electron chi connectivity index (χ4n) is 2.88. The van der Waals surface area contributed by atoms with E-state index in [0.717, 1.165) is 16.0 Å². The normalized spacial score (nSPS) is 11.4. The monoisotopic (exact) mass is 377 g/mol. The third-order valence-electron chi connectivity index (χ3n) is 4.17. The lowest BCUT2D eigenvalue weighted by Gasteiger charge is -2.03. The van der Waals surface area contributed by atoms with Crippen LogP contribution >= 0.6 is 11.3 Å². The molecule has 0 spiro atoms. The lowest BCUT2D eigenvalue weighted by molar-refractivity contribution is 0.403. The molecule has 2 aromatic heterocycles. The molecule has 6 nitrogen and oxygen atoms in total. The zero-order chi connectivity index (χ0) is 19.0. The van der Waals surface area contributed by atoms with Gasteiger partial charge in [0, 0.05) is 10.4 Å². The second kappa shape index (κ2) is 6.69. The van der Waals surface area contributed by atoms with Crippen molar-refractivity contribution in [3.63, 3.8) is 0 Å². The van der Waals surface area contributed by atoms with Crippen LogP contribution in [0.4, 0.5) is 0 Å². The van der Waals surface area contributed by atoms with Crippen LogP contribution in [0.2, 0.25) is 0 Å². The summed E-state index contributed by atoms with van der Waals surface area (Å²) in [7, 11) is 0. The molecule has 0 saturated heterocycles. The van der Waals surface area contributed by atoms with Crippen LogP contribution in [-0.4, -0.2) is 26.1 Å². The van der Waals surface area contributed by atoms with Crippen molar-refractivity contribution in [3.8, 4) is 22.6 Å². The number of phenolic OH excluding ortho intramolecular Hbond substituents is 2. The number of hydrogen-bond acceptors (Lipinski definition) is 6. The van der Waals surface area contributed by atoms with Crippen molar-refractivity contribution in [1.29, 1.82) is 0 Å². The van der Waals surface area contributed by atoms with E-state index in [1.165, 1.54) is 40.7 Å². The minimum absolute atomic E-state index is 0.214. The SMILES string of the molecule is Cc1sc2ncn(/N=C/c3ccc(O)c(O)c3)c(=O)c2c1-c1ccccc1. The molecule has 0 fully saturated rings. The Morgan fingerprint density at radius 2 is 1.89 bits per heavy atom. The van der Waals surface area contributed by atoms with Gasteiger partial charge in [-0.15, -0.1) is 11.3 Å². The van der Waals surface area contributed by atoms with Crippen LogP contribution in [0.1, 0.15) is 10.4 Å². The topological polar surface area (TPSA) is 87.7 Å². The molecular formula is C20H15N3O3S. The highest BCUT2D eigenvalue weighted by Crippen LogP contribution is 2.35. The summed E-state index contributed by atoms with van der Waals surface area (Å²) in [6.07, 6.45) is 2.81.